The van der Waals surface area contributed by atoms with E-state index in [9.17, 15) is 5.11 Å². The van der Waals surface area contributed by atoms with Crippen LogP contribution in [0.5, 0.6) is 0 Å². The molecular weight excluding hydrogens is 172 g/mol. The summed E-state index contributed by atoms with van der Waals surface area (Å²) in [7, 11) is 0. The molecule has 0 saturated heterocycles. The molecule has 1 nitrogen and oxygen atoms in total. The van der Waals surface area contributed by atoms with Crippen LogP contribution < -0.4 is 0 Å². The maximum Gasteiger partial charge on any atom is 0.0565 e. The molecule has 1 heteroatoms. The SMILES string of the molecule is CCCC1CCCC(C(O)CC)CC1. The van der Waals surface area contributed by atoms with Crippen molar-refractivity contribution in [2.24, 2.45) is 11.8 Å². The highest BCUT2D eigenvalue weighted by Crippen LogP contribution is 2.32. The molecule has 0 spiro atoms. The number of rotatable bonds is 4. The Bertz CT molecular complexity index is 144. The zero-order valence-electron chi connectivity index (χ0n) is 9.84. The predicted octanol–water partition coefficient (Wildman–Crippen LogP) is 3.75. The van der Waals surface area contributed by atoms with E-state index in [4.69, 9.17) is 0 Å². The molecule has 1 N–H and O–H groups in total. The Balaban J connectivity index is 2.32. The van der Waals surface area contributed by atoms with E-state index in [2.05, 4.69) is 13.8 Å². The van der Waals surface area contributed by atoms with E-state index >= 15 is 0 Å². The molecule has 3 atom stereocenters. The van der Waals surface area contributed by atoms with Crippen molar-refractivity contribution in [3.8, 4) is 0 Å². The topological polar surface area (TPSA) is 20.2 Å². The third kappa shape index (κ3) is 3.61. The molecule has 14 heavy (non-hydrogen) atoms. The third-order valence-electron chi connectivity index (χ3n) is 3.79. The van der Waals surface area contributed by atoms with E-state index in [1.54, 1.807) is 0 Å². The van der Waals surface area contributed by atoms with Crippen LogP contribution in [0.1, 0.15) is 65.2 Å². The summed E-state index contributed by atoms with van der Waals surface area (Å²) >= 11 is 0. The Labute approximate surface area is 88.9 Å². The first kappa shape index (κ1) is 12.0. The van der Waals surface area contributed by atoms with Crippen molar-refractivity contribution in [3.63, 3.8) is 0 Å². The highest BCUT2D eigenvalue weighted by Gasteiger charge is 2.22. The highest BCUT2D eigenvalue weighted by molar-refractivity contribution is 4.74. The molecule has 1 rings (SSSR count). The van der Waals surface area contributed by atoms with Gasteiger partial charge in [-0.1, -0.05) is 46.0 Å². The van der Waals surface area contributed by atoms with Gasteiger partial charge in [0.15, 0.2) is 0 Å². The molecule has 0 heterocycles. The summed E-state index contributed by atoms with van der Waals surface area (Å²) in [5.41, 5.74) is 0. The van der Waals surface area contributed by atoms with Crippen molar-refractivity contribution >= 4 is 0 Å². The summed E-state index contributed by atoms with van der Waals surface area (Å²) in [5, 5.41) is 9.82. The van der Waals surface area contributed by atoms with Gasteiger partial charge in [-0.2, -0.15) is 0 Å². The minimum atomic E-state index is -0.0321. The fraction of sp³-hybridized carbons (Fsp3) is 1.00. The Morgan fingerprint density at radius 3 is 2.57 bits per heavy atom. The quantitative estimate of drug-likeness (QED) is 0.682. The zero-order valence-corrected chi connectivity index (χ0v) is 9.84. The van der Waals surface area contributed by atoms with Crippen LogP contribution in [-0.2, 0) is 0 Å². The molecule has 0 amide bonds. The van der Waals surface area contributed by atoms with Gasteiger partial charge in [0.1, 0.15) is 0 Å². The number of aliphatic hydroxyl groups excluding tert-OH is 1. The molecule has 0 bridgehead atoms. The van der Waals surface area contributed by atoms with Gasteiger partial charge in [0.2, 0.25) is 0 Å². The Kier molecular flexibility index (Phi) is 5.54. The van der Waals surface area contributed by atoms with E-state index in [-0.39, 0.29) is 6.10 Å². The van der Waals surface area contributed by atoms with Crippen molar-refractivity contribution in [1.82, 2.24) is 0 Å². The predicted molar refractivity (Wildman–Crippen MR) is 61.3 cm³/mol. The second-order valence-corrected chi connectivity index (χ2v) is 4.90. The van der Waals surface area contributed by atoms with E-state index < -0.39 is 0 Å². The van der Waals surface area contributed by atoms with Crippen LogP contribution in [0.15, 0.2) is 0 Å². The number of aliphatic hydroxyl groups is 1. The first-order valence-corrected chi connectivity index (χ1v) is 6.46. The number of hydrogen-bond acceptors (Lipinski definition) is 1. The van der Waals surface area contributed by atoms with Gasteiger partial charge in [0, 0.05) is 0 Å². The van der Waals surface area contributed by atoms with E-state index in [1.165, 1.54) is 44.9 Å². The highest BCUT2D eigenvalue weighted by atomic mass is 16.3. The summed E-state index contributed by atoms with van der Waals surface area (Å²) in [5.74, 6) is 1.55. The molecule has 1 aliphatic carbocycles. The van der Waals surface area contributed by atoms with Crippen LogP contribution in [0, 0.1) is 11.8 Å². The second kappa shape index (κ2) is 6.44. The zero-order chi connectivity index (χ0) is 10.4. The molecule has 0 aliphatic heterocycles. The monoisotopic (exact) mass is 198 g/mol. The average molecular weight is 198 g/mol. The Hall–Kier alpha value is -0.0400. The third-order valence-corrected chi connectivity index (χ3v) is 3.79. The number of hydrogen-bond donors (Lipinski definition) is 1. The van der Waals surface area contributed by atoms with Crippen molar-refractivity contribution in [2.45, 2.75) is 71.3 Å². The van der Waals surface area contributed by atoms with Crippen molar-refractivity contribution in [3.05, 3.63) is 0 Å². The van der Waals surface area contributed by atoms with E-state index in [0.29, 0.717) is 5.92 Å². The lowest BCUT2D eigenvalue weighted by atomic mass is 9.91. The van der Waals surface area contributed by atoms with Crippen LogP contribution in [0.2, 0.25) is 0 Å². The molecule has 84 valence electrons. The molecule has 0 aromatic heterocycles. The van der Waals surface area contributed by atoms with E-state index in [1.807, 2.05) is 0 Å². The first-order chi connectivity index (χ1) is 6.77. The Morgan fingerprint density at radius 1 is 1.14 bits per heavy atom. The Morgan fingerprint density at radius 2 is 1.93 bits per heavy atom. The minimum Gasteiger partial charge on any atom is -0.393 e. The molecule has 1 aliphatic rings. The maximum atomic E-state index is 9.82. The first-order valence-electron chi connectivity index (χ1n) is 6.46. The molecular formula is C13H26O. The summed E-state index contributed by atoms with van der Waals surface area (Å²) < 4.78 is 0. The lowest BCUT2D eigenvalue weighted by Crippen LogP contribution is -2.18. The van der Waals surface area contributed by atoms with Gasteiger partial charge in [-0.3, -0.25) is 0 Å². The van der Waals surface area contributed by atoms with Crippen molar-refractivity contribution in [2.75, 3.05) is 0 Å². The summed E-state index contributed by atoms with van der Waals surface area (Å²) in [6, 6.07) is 0. The largest absolute Gasteiger partial charge is 0.393 e. The average Bonchev–Trinajstić information content (AvgIpc) is 2.43. The fourth-order valence-electron chi connectivity index (χ4n) is 2.82. The van der Waals surface area contributed by atoms with Crippen LogP contribution in [-0.4, -0.2) is 11.2 Å². The summed E-state index contributed by atoms with van der Waals surface area (Å²) in [4.78, 5) is 0. The molecule has 3 unspecified atom stereocenters. The van der Waals surface area contributed by atoms with Gasteiger partial charge in [0.05, 0.1) is 6.10 Å². The minimum absolute atomic E-state index is 0.0321. The van der Waals surface area contributed by atoms with Gasteiger partial charge in [0.25, 0.3) is 0 Å². The lowest BCUT2D eigenvalue weighted by molar-refractivity contribution is 0.0941. The van der Waals surface area contributed by atoms with E-state index in [0.717, 1.165) is 12.3 Å². The maximum absolute atomic E-state index is 9.82. The molecule has 0 aromatic rings. The normalized spacial score (nSPS) is 31.1. The van der Waals surface area contributed by atoms with Crippen molar-refractivity contribution in [1.29, 1.82) is 0 Å². The van der Waals surface area contributed by atoms with Gasteiger partial charge in [-0.05, 0) is 31.1 Å². The fourth-order valence-corrected chi connectivity index (χ4v) is 2.82. The molecule has 1 fully saturated rings. The van der Waals surface area contributed by atoms with Gasteiger partial charge in [-0.25, -0.2) is 0 Å². The van der Waals surface area contributed by atoms with Crippen LogP contribution in [0.4, 0.5) is 0 Å². The summed E-state index contributed by atoms with van der Waals surface area (Å²) in [6.45, 7) is 4.38. The van der Waals surface area contributed by atoms with Crippen LogP contribution >= 0.6 is 0 Å². The van der Waals surface area contributed by atoms with Crippen molar-refractivity contribution < 1.29 is 5.11 Å². The molecule has 1 saturated carbocycles. The standard InChI is InChI=1S/C13H26O/c1-3-6-11-7-5-8-12(10-9-11)13(14)4-2/h11-14H,3-10H2,1-2H3. The smallest absolute Gasteiger partial charge is 0.0565 e. The summed E-state index contributed by atoms with van der Waals surface area (Å²) in [6.07, 6.45) is 10.2. The second-order valence-electron chi connectivity index (χ2n) is 4.90. The lowest BCUT2D eigenvalue weighted by Gasteiger charge is -2.19. The van der Waals surface area contributed by atoms with Gasteiger partial charge >= 0.3 is 0 Å². The van der Waals surface area contributed by atoms with Crippen LogP contribution in [0.25, 0.3) is 0 Å². The molecule has 0 aromatic carbocycles. The van der Waals surface area contributed by atoms with Gasteiger partial charge < -0.3 is 5.11 Å². The van der Waals surface area contributed by atoms with Crippen LogP contribution in [0.3, 0.4) is 0 Å². The molecule has 0 radical (unpaired) electrons. The van der Waals surface area contributed by atoms with Gasteiger partial charge in [-0.15, -0.1) is 0 Å².